The van der Waals surface area contributed by atoms with Gasteiger partial charge in [0.15, 0.2) is 0 Å². The molecule has 1 amide bonds. The van der Waals surface area contributed by atoms with Crippen LogP contribution in [0.3, 0.4) is 0 Å². The van der Waals surface area contributed by atoms with Crippen molar-refractivity contribution in [3.05, 3.63) is 12.7 Å². The standard InChI is InChI=1S/C12H20N2O5S/c1-4-7(10(16)17)12(13,11(18)19)8(6-20-3)14-9(15)5-2/h5,7-8H,2,4,6,13H2,1,3H3,(H,14,15)(H,16,17)(H,18,19). The monoisotopic (exact) mass is 304 g/mol. The number of nitrogens with one attached hydrogen (secondary N) is 1. The van der Waals surface area contributed by atoms with Gasteiger partial charge in [0.05, 0.1) is 12.0 Å². The van der Waals surface area contributed by atoms with E-state index in [9.17, 15) is 24.6 Å². The van der Waals surface area contributed by atoms with Crippen LogP contribution in [0.5, 0.6) is 0 Å². The quantitative estimate of drug-likeness (QED) is 0.438. The first-order valence-corrected chi connectivity index (χ1v) is 7.31. The second kappa shape index (κ2) is 7.91. The Balaban J connectivity index is 5.66. The number of carbonyl (C=O) groups excluding carboxylic acids is 1. The van der Waals surface area contributed by atoms with Gasteiger partial charge in [0, 0.05) is 5.75 Å². The molecule has 0 saturated heterocycles. The normalized spacial score (nSPS) is 16.6. The fourth-order valence-electron chi connectivity index (χ4n) is 1.95. The molecular formula is C12H20N2O5S. The van der Waals surface area contributed by atoms with Crippen molar-refractivity contribution < 1.29 is 24.6 Å². The SMILES string of the molecule is C=CC(=O)NC(CSC)C(N)(C(=O)O)C(CC)C(=O)O. The lowest BCUT2D eigenvalue weighted by Crippen LogP contribution is -2.69. The van der Waals surface area contributed by atoms with Crippen LogP contribution >= 0.6 is 11.8 Å². The number of amides is 1. The minimum Gasteiger partial charge on any atom is -0.481 e. The highest BCUT2D eigenvalue weighted by Crippen LogP contribution is 2.25. The highest BCUT2D eigenvalue weighted by atomic mass is 32.2. The van der Waals surface area contributed by atoms with Gasteiger partial charge in [0.1, 0.15) is 5.54 Å². The molecule has 0 aliphatic heterocycles. The summed E-state index contributed by atoms with van der Waals surface area (Å²) in [4.78, 5) is 34.2. The minimum absolute atomic E-state index is 0.0347. The lowest BCUT2D eigenvalue weighted by molar-refractivity contribution is -0.157. The summed E-state index contributed by atoms with van der Waals surface area (Å²) in [6.07, 6.45) is 2.72. The molecule has 0 radical (unpaired) electrons. The zero-order valence-corrected chi connectivity index (χ0v) is 12.3. The number of hydrogen-bond donors (Lipinski definition) is 4. The van der Waals surface area contributed by atoms with Gasteiger partial charge in [-0.3, -0.25) is 14.4 Å². The lowest BCUT2D eigenvalue weighted by Gasteiger charge is -2.37. The highest BCUT2D eigenvalue weighted by molar-refractivity contribution is 7.98. The molecule has 0 aromatic heterocycles. The first-order valence-electron chi connectivity index (χ1n) is 5.92. The van der Waals surface area contributed by atoms with Crippen LogP contribution in [-0.2, 0) is 14.4 Å². The largest absolute Gasteiger partial charge is 0.481 e. The van der Waals surface area contributed by atoms with E-state index in [-0.39, 0.29) is 12.2 Å². The van der Waals surface area contributed by atoms with Crippen LogP contribution in [-0.4, -0.2) is 51.6 Å². The molecule has 0 aromatic rings. The summed E-state index contributed by atoms with van der Waals surface area (Å²) in [7, 11) is 0. The van der Waals surface area contributed by atoms with E-state index in [2.05, 4.69) is 11.9 Å². The maximum atomic E-state index is 11.5. The Hall–Kier alpha value is -1.54. The zero-order chi connectivity index (χ0) is 15.9. The Morgan fingerprint density at radius 1 is 1.45 bits per heavy atom. The van der Waals surface area contributed by atoms with Gasteiger partial charge in [-0.1, -0.05) is 13.5 Å². The number of hydrogen-bond acceptors (Lipinski definition) is 5. The van der Waals surface area contributed by atoms with Crippen molar-refractivity contribution in [2.24, 2.45) is 11.7 Å². The summed E-state index contributed by atoms with van der Waals surface area (Å²) in [5.74, 6) is -4.51. The first kappa shape index (κ1) is 18.5. The molecule has 0 aliphatic carbocycles. The Labute approximate surface area is 121 Å². The molecule has 0 saturated carbocycles. The molecule has 114 valence electrons. The van der Waals surface area contributed by atoms with Crippen molar-refractivity contribution in [2.45, 2.75) is 24.9 Å². The van der Waals surface area contributed by atoms with Crippen molar-refractivity contribution >= 4 is 29.6 Å². The van der Waals surface area contributed by atoms with Crippen molar-refractivity contribution in [3.8, 4) is 0 Å². The molecular weight excluding hydrogens is 284 g/mol. The van der Waals surface area contributed by atoms with Crippen LogP contribution in [0.4, 0.5) is 0 Å². The summed E-state index contributed by atoms with van der Waals surface area (Å²) in [5, 5.41) is 21.0. The van der Waals surface area contributed by atoms with E-state index in [0.717, 1.165) is 6.08 Å². The molecule has 0 heterocycles. The number of rotatable bonds is 9. The predicted molar refractivity (Wildman–Crippen MR) is 76.5 cm³/mol. The van der Waals surface area contributed by atoms with Gasteiger partial charge in [0.2, 0.25) is 5.91 Å². The highest BCUT2D eigenvalue weighted by Gasteiger charge is 2.51. The van der Waals surface area contributed by atoms with Crippen molar-refractivity contribution in [3.63, 3.8) is 0 Å². The van der Waals surface area contributed by atoms with Crippen LogP contribution in [0.2, 0.25) is 0 Å². The van der Waals surface area contributed by atoms with Gasteiger partial charge in [-0.05, 0) is 18.8 Å². The van der Waals surface area contributed by atoms with E-state index in [0.29, 0.717) is 0 Å². The first-order chi connectivity index (χ1) is 9.25. The van der Waals surface area contributed by atoms with Crippen molar-refractivity contribution in [2.75, 3.05) is 12.0 Å². The Morgan fingerprint density at radius 3 is 2.30 bits per heavy atom. The van der Waals surface area contributed by atoms with Gasteiger partial charge >= 0.3 is 11.9 Å². The summed E-state index contributed by atoms with van der Waals surface area (Å²) in [6, 6.07) is -1.03. The van der Waals surface area contributed by atoms with Gasteiger partial charge < -0.3 is 21.3 Å². The molecule has 0 aliphatic rings. The van der Waals surface area contributed by atoms with Crippen molar-refractivity contribution in [1.29, 1.82) is 0 Å². The molecule has 3 atom stereocenters. The van der Waals surface area contributed by atoms with Crippen LogP contribution in [0, 0.1) is 5.92 Å². The fraction of sp³-hybridized carbons (Fsp3) is 0.583. The number of nitrogens with two attached hydrogens (primary N) is 1. The van der Waals surface area contributed by atoms with Crippen LogP contribution in [0.25, 0.3) is 0 Å². The average molecular weight is 304 g/mol. The fourth-order valence-corrected chi connectivity index (χ4v) is 2.65. The third-order valence-electron chi connectivity index (χ3n) is 3.07. The van der Waals surface area contributed by atoms with Crippen molar-refractivity contribution in [1.82, 2.24) is 5.32 Å². The second-order valence-corrected chi connectivity index (χ2v) is 5.17. The Bertz CT molecular complexity index is 401. The topological polar surface area (TPSA) is 130 Å². The Kier molecular flexibility index (Phi) is 7.30. The van der Waals surface area contributed by atoms with Crippen LogP contribution in [0.1, 0.15) is 13.3 Å². The number of carboxylic acids is 2. The third-order valence-corrected chi connectivity index (χ3v) is 3.73. The van der Waals surface area contributed by atoms with E-state index in [4.69, 9.17) is 5.73 Å². The average Bonchev–Trinajstić information content (AvgIpc) is 2.37. The molecule has 0 rings (SSSR count). The number of thioether (sulfide) groups is 1. The summed E-state index contributed by atoms with van der Waals surface area (Å²) < 4.78 is 0. The van der Waals surface area contributed by atoms with Gasteiger partial charge in [0.25, 0.3) is 0 Å². The van der Waals surface area contributed by atoms with E-state index < -0.39 is 35.3 Å². The molecule has 0 aromatic carbocycles. The summed E-state index contributed by atoms with van der Waals surface area (Å²) >= 11 is 1.26. The Morgan fingerprint density at radius 2 is 2.00 bits per heavy atom. The molecule has 0 spiro atoms. The maximum absolute atomic E-state index is 11.5. The molecule has 20 heavy (non-hydrogen) atoms. The van der Waals surface area contributed by atoms with E-state index >= 15 is 0 Å². The zero-order valence-electron chi connectivity index (χ0n) is 11.5. The lowest BCUT2D eigenvalue weighted by atomic mass is 9.77. The number of carbonyl (C=O) groups is 3. The van der Waals surface area contributed by atoms with Crippen LogP contribution < -0.4 is 11.1 Å². The number of carboxylic acid groups (broad SMARTS) is 2. The van der Waals surface area contributed by atoms with Gasteiger partial charge in [-0.25, -0.2) is 0 Å². The van der Waals surface area contributed by atoms with E-state index in [1.54, 1.807) is 6.26 Å². The second-order valence-electron chi connectivity index (χ2n) is 4.26. The molecule has 0 fully saturated rings. The molecule has 7 nitrogen and oxygen atoms in total. The molecule has 0 bridgehead atoms. The summed E-state index contributed by atoms with van der Waals surface area (Å²) in [6.45, 7) is 4.81. The van der Waals surface area contributed by atoms with Gasteiger partial charge in [-0.2, -0.15) is 11.8 Å². The molecule has 8 heteroatoms. The van der Waals surface area contributed by atoms with E-state index in [1.165, 1.54) is 18.7 Å². The minimum atomic E-state index is -2.09. The maximum Gasteiger partial charge on any atom is 0.326 e. The smallest absolute Gasteiger partial charge is 0.326 e. The molecule has 3 unspecified atom stereocenters. The predicted octanol–water partition coefficient (Wildman–Crippen LogP) is -0.0869. The van der Waals surface area contributed by atoms with Crippen LogP contribution in [0.15, 0.2) is 12.7 Å². The third kappa shape index (κ3) is 3.97. The molecule has 5 N–H and O–H groups in total. The van der Waals surface area contributed by atoms with Gasteiger partial charge in [-0.15, -0.1) is 0 Å². The number of aliphatic carboxylic acids is 2. The summed E-state index contributed by atoms with van der Waals surface area (Å²) in [5.41, 5.74) is 3.79. The van der Waals surface area contributed by atoms with E-state index in [1.807, 2.05) is 0 Å².